The van der Waals surface area contributed by atoms with Gasteiger partial charge >= 0.3 is 5.97 Å². The molecule has 0 unspecified atom stereocenters. The van der Waals surface area contributed by atoms with E-state index in [1.807, 2.05) is 19.1 Å². The fraction of sp³-hybridized carbons (Fsp3) is 0.560. The number of carbonyl (C=O) groups is 3. The maximum absolute atomic E-state index is 13.0. The van der Waals surface area contributed by atoms with E-state index in [1.54, 1.807) is 25.9 Å². The van der Waals surface area contributed by atoms with E-state index in [0.29, 0.717) is 24.4 Å². The molecule has 8 nitrogen and oxygen atoms in total. The van der Waals surface area contributed by atoms with Gasteiger partial charge in [-0.05, 0) is 31.4 Å². The fourth-order valence-corrected chi connectivity index (χ4v) is 7.10. The Bertz CT molecular complexity index is 1040. The molecule has 6 atom stereocenters. The molecule has 0 bridgehead atoms. The summed E-state index contributed by atoms with van der Waals surface area (Å²) in [4.78, 5) is 43.6. The number of carboxylic acid groups (broad SMARTS) is 1. The average molecular weight is 488 g/mol. The zero-order chi connectivity index (χ0) is 24.9. The summed E-state index contributed by atoms with van der Waals surface area (Å²) in [5.74, 6) is -2.16. The highest BCUT2D eigenvalue weighted by atomic mass is 32.2. The van der Waals surface area contributed by atoms with Crippen LogP contribution < -0.4 is 0 Å². The van der Waals surface area contributed by atoms with Gasteiger partial charge in [0.2, 0.25) is 11.8 Å². The van der Waals surface area contributed by atoms with Crippen molar-refractivity contribution in [2.24, 2.45) is 11.8 Å². The summed E-state index contributed by atoms with van der Waals surface area (Å²) >= 11 is 1.48. The van der Waals surface area contributed by atoms with E-state index in [4.69, 9.17) is 0 Å². The number of aryl methyl sites for hydroxylation is 1. The van der Waals surface area contributed by atoms with Gasteiger partial charge in [0.15, 0.2) is 0 Å². The molecule has 4 rings (SSSR count). The number of aliphatic carboxylic acids is 1. The number of β-lactam (4-membered cyclic amide) rings is 1. The first-order chi connectivity index (χ1) is 16.0. The zero-order valence-electron chi connectivity index (χ0n) is 20.3. The van der Waals surface area contributed by atoms with Gasteiger partial charge < -0.3 is 20.0 Å². The summed E-state index contributed by atoms with van der Waals surface area (Å²) in [6.45, 7) is 6.86. The summed E-state index contributed by atoms with van der Waals surface area (Å²) in [7, 11) is 3.51. The van der Waals surface area contributed by atoms with Crippen molar-refractivity contribution in [3.8, 4) is 0 Å². The van der Waals surface area contributed by atoms with Gasteiger partial charge in [0.25, 0.3) is 0 Å². The van der Waals surface area contributed by atoms with Gasteiger partial charge in [0, 0.05) is 43.3 Å². The molecule has 3 aliphatic rings. The van der Waals surface area contributed by atoms with Crippen molar-refractivity contribution >= 4 is 29.5 Å². The second kappa shape index (κ2) is 9.36. The highest BCUT2D eigenvalue weighted by molar-refractivity contribution is 8.03. The first kappa shape index (κ1) is 24.8. The number of aliphatic hydroxyl groups is 1. The summed E-state index contributed by atoms with van der Waals surface area (Å²) < 4.78 is 0. The Morgan fingerprint density at radius 3 is 2.53 bits per heavy atom. The molecule has 2 amide bonds. The molecule has 3 aliphatic heterocycles. The van der Waals surface area contributed by atoms with Crippen molar-refractivity contribution < 1.29 is 24.6 Å². The number of amides is 2. The molecule has 184 valence electrons. The second-order valence-electron chi connectivity index (χ2n) is 9.85. The van der Waals surface area contributed by atoms with Crippen LogP contribution in [0.25, 0.3) is 0 Å². The summed E-state index contributed by atoms with van der Waals surface area (Å²) in [6.07, 6.45) is -0.219. The van der Waals surface area contributed by atoms with Crippen LogP contribution in [0.2, 0.25) is 0 Å². The minimum absolute atomic E-state index is 0.0171. The van der Waals surface area contributed by atoms with Crippen LogP contribution in [0.4, 0.5) is 0 Å². The predicted octanol–water partition coefficient (Wildman–Crippen LogP) is 1.91. The molecular formula is C25H33N3O5S. The number of hydrogen-bond donors (Lipinski definition) is 2. The maximum atomic E-state index is 13.0. The molecule has 2 saturated heterocycles. The number of carboxylic acids is 1. The summed E-state index contributed by atoms with van der Waals surface area (Å²) in [5, 5.41) is 20.0. The molecule has 0 spiro atoms. The first-order valence-corrected chi connectivity index (χ1v) is 12.6. The van der Waals surface area contributed by atoms with Crippen LogP contribution in [0.5, 0.6) is 0 Å². The van der Waals surface area contributed by atoms with Gasteiger partial charge in [-0.15, -0.1) is 11.8 Å². The van der Waals surface area contributed by atoms with E-state index < -0.39 is 18.0 Å². The van der Waals surface area contributed by atoms with Crippen molar-refractivity contribution in [1.29, 1.82) is 0 Å². The van der Waals surface area contributed by atoms with Gasteiger partial charge in [-0.2, -0.15) is 0 Å². The smallest absolute Gasteiger partial charge is 0.353 e. The Labute approximate surface area is 204 Å². The number of thioether (sulfide) groups is 1. The van der Waals surface area contributed by atoms with Gasteiger partial charge in [-0.1, -0.05) is 31.2 Å². The largest absolute Gasteiger partial charge is 0.477 e. The lowest BCUT2D eigenvalue weighted by Crippen LogP contribution is -2.63. The lowest BCUT2D eigenvalue weighted by molar-refractivity contribution is -0.163. The highest BCUT2D eigenvalue weighted by Gasteiger charge is 2.60. The Morgan fingerprint density at radius 2 is 1.94 bits per heavy atom. The molecule has 0 radical (unpaired) electrons. The fourth-order valence-electron chi connectivity index (χ4n) is 5.54. The van der Waals surface area contributed by atoms with E-state index in [9.17, 15) is 24.6 Å². The number of nitrogens with zero attached hydrogens (tertiary/aromatic N) is 3. The summed E-state index contributed by atoms with van der Waals surface area (Å²) in [5.41, 5.74) is 2.37. The number of likely N-dealkylation sites (tertiary alicyclic amines) is 1. The number of aliphatic hydroxyl groups excluding tert-OH is 1. The minimum atomic E-state index is -1.12. The number of rotatable bonds is 7. The molecule has 1 aromatic rings. The van der Waals surface area contributed by atoms with Crippen LogP contribution in [0, 0.1) is 18.8 Å². The Balaban J connectivity index is 1.58. The van der Waals surface area contributed by atoms with Gasteiger partial charge in [0.1, 0.15) is 5.70 Å². The van der Waals surface area contributed by atoms with Crippen LogP contribution in [0.1, 0.15) is 31.4 Å². The van der Waals surface area contributed by atoms with E-state index in [2.05, 4.69) is 24.0 Å². The van der Waals surface area contributed by atoms with Crippen LogP contribution in [-0.2, 0) is 20.9 Å². The molecular weight excluding hydrogens is 454 g/mol. The number of fused-ring (bicyclic) bond motifs is 1. The number of hydrogen-bond acceptors (Lipinski definition) is 6. The lowest BCUT2D eigenvalue weighted by atomic mass is 9.79. The molecule has 0 aliphatic carbocycles. The second-order valence-corrected chi connectivity index (χ2v) is 11.2. The van der Waals surface area contributed by atoms with Gasteiger partial charge in [0.05, 0.1) is 24.1 Å². The SMILES string of the molecule is Cc1ccccc1CN1C[C@@H](SC2=C(C(=O)O)N3C(=O)[C@H]([C@@H](C)O)[C@H]3[C@H]2C)C[C@H]1C(=O)N(C)C. The van der Waals surface area contributed by atoms with Gasteiger partial charge in [-0.25, -0.2) is 4.79 Å². The lowest BCUT2D eigenvalue weighted by Gasteiger charge is -2.46. The van der Waals surface area contributed by atoms with E-state index >= 15 is 0 Å². The molecule has 1 aromatic carbocycles. The van der Waals surface area contributed by atoms with E-state index in [0.717, 1.165) is 0 Å². The number of likely N-dealkylation sites (N-methyl/N-ethyl adjacent to an activating group) is 1. The van der Waals surface area contributed by atoms with Crippen LogP contribution in [0.15, 0.2) is 34.9 Å². The van der Waals surface area contributed by atoms with Crippen molar-refractivity contribution in [3.63, 3.8) is 0 Å². The van der Waals surface area contributed by atoms with Crippen molar-refractivity contribution in [3.05, 3.63) is 46.0 Å². The number of carbonyl (C=O) groups excluding carboxylic acids is 2. The third-order valence-corrected chi connectivity index (χ3v) is 8.82. The first-order valence-electron chi connectivity index (χ1n) is 11.7. The van der Waals surface area contributed by atoms with E-state index in [-0.39, 0.29) is 40.8 Å². The average Bonchev–Trinajstić information content (AvgIpc) is 3.26. The quantitative estimate of drug-likeness (QED) is 0.567. The standard InChI is InChI=1S/C25H33N3O5S/c1-13-8-6-7-9-16(13)11-27-12-17(10-18(27)23(30)26(4)5)34-22-14(2)20-19(15(3)29)24(31)28(20)21(22)25(32)33/h6-9,14-15,17-20,29H,10-12H2,1-5H3,(H,32,33)/t14-,15-,17+,18+,19-,20-/m1/s1. The van der Waals surface area contributed by atoms with Crippen molar-refractivity contribution in [2.75, 3.05) is 20.6 Å². The maximum Gasteiger partial charge on any atom is 0.353 e. The normalized spacial score (nSPS) is 29.8. The monoisotopic (exact) mass is 487 g/mol. The van der Waals surface area contributed by atoms with Crippen molar-refractivity contribution in [1.82, 2.24) is 14.7 Å². The molecule has 0 saturated carbocycles. The van der Waals surface area contributed by atoms with Gasteiger partial charge in [-0.3, -0.25) is 14.5 Å². The predicted molar refractivity (Wildman–Crippen MR) is 130 cm³/mol. The molecule has 34 heavy (non-hydrogen) atoms. The third kappa shape index (κ3) is 4.14. The molecule has 0 aromatic heterocycles. The minimum Gasteiger partial charge on any atom is -0.477 e. The number of benzene rings is 1. The highest BCUT2D eigenvalue weighted by Crippen LogP contribution is 2.52. The third-order valence-electron chi connectivity index (χ3n) is 7.33. The molecule has 3 heterocycles. The van der Waals surface area contributed by atoms with Crippen molar-refractivity contribution in [2.45, 2.75) is 57.2 Å². The van der Waals surface area contributed by atoms with Crippen LogP contribution >= 0.6 is 11.8 Å². The molecule has 9 heteroatoms. The summed E-state index contributed by atoms with van der Waals surface area (Å²) in [6, 6.07) is 7.51. The molecule has 2 fully saturated rings. The topological polar surface area (TPSA) is 101 Å². The van der Waals surface area contributed by atoms with E-state index in [1.165, 1.54) is 27.8 Å². The zero-order valence-corrected chi connectivity index (χ0v) is 21.1. The Hall–Kier alpha value is -2.36. The Kier molecular flexibility index (Phi) is 6.81. The van der Waals surface area contributed by atoms with Crippen LogP contribution in [-0.4, -0.2) is 86.8 Å². The van der Waals surface area contributed by atoms with Crippen LogP contribution in [0.3, 0.4) is 0 Å². The Morgan fingerprint density at radius 1 is 1.26 bits per heavy atom. The molecule has 2 N–H and O–H groups in total.